The van der Waals surface area contributed by atoms with Gasteiger partial charge in [-0.25, -0.2) is 0 Å². The second kappa shape index (κ2) is 7.70. The molecule has 2 unspecified atom stereocenters. The first-order valence-electron chi connectivity index (χ1n) is 9.07. The lowest BCUT2D eigenvalue weighted by Gasteiger charge is -2.18. The van der Waals surface area contributed by atoms with Crippen LogP contribution in [-0.2, 0) is 4.79 Å². The van der Waals surface area contributed by atoms with Gasteiger partial charge < -0.3 is 14.7 Å². The molecule has 2 atom stereocenters. The van der Waals surface area contributed by atoms with E-state index in [4.69, 9.17) is 4.74 Å². The van der Waals surface area contributed by atoms with Gasteiger partial charge in [-0.1, -0.05) is 30.3 Å². The Balaban J connectivity index is 1.63. The molecule has 1 aliphatic heterocycles. The van der Waals surface area contributed by atoms with Crippen LogP contribution >= 0.6 is 0 Å². The van der Waals surface area contributed by atoms with Crippen LogP contribution in [0.2, 0.25) is 0 Å². The Labute approximate surface area is 166 Å². The molecule has 9 nitrogen and oxygen atoms in total. The van der Waals surface area contributed by atoms with E-state index in [9.17, 15) is 14.7 Å². The number of carbonyl (C=O) groups excluding carboxylic acids is 1. The van der Waals surface area contributed by atoms with Gasteiger partial charge in [0.15, 0.2) is 0 Å². The molecule has 3 aromatic rings. The summed E-state index contributed by atoms with van der Waals surface area (Å²) in [6.45, 7) is 0.492. The number of hydrogen-bond acceptors (Lipinski definition) is 6. The van der Waals surface area contributed by atoms with Crippen LogP contribution in [0.3, 0.4) is 0 Å². The molecule has 29 heavy (non-hydrogen) atoms. The van der Waals surface area contributed by atoms with E-state index in [0.717, 1.165) is 5.56 Å². The summed E-state index contributed by atoms with van der Waals surface area (Å²) in [6, 6.07) is 14.4. The summed E-state index contributed by atoms with van der Waals surface area (Å²) in [6.07, 6.45) is 1.41. The average Bonchev–Trinajstić information content (AvgIpc) is 3.43. The van der Waals surface area contributed by atoms with E-state index in [0.29, 0.717) is 23.5 Å². The molecule has 1 fully saturated rings. The number of carboxylic acid groups (broad SMARTS) is 1. The van der Waals surface area contributed by atoms with E-state index in [1.807, 2.05) is 30.3 Å². The maximum Gasteiger partial charge on any atom is 0.308 e. The summed E-state index contributed by atoms with van der Waals surface area (Å²) in [5.41, 5.74) is 1.85. The number of likely N-dealkylation sites (tertiary alicyclic amines) is 1. The highest BCUT2D eigenvalue weighted by Gasteiger charge is 2.40. The molecule has 0 aliphatic carbocycles. The number of carbonyl (C=O) groups is 2. The van der Waals surface area contributed by atoms with Gasteiger partial charge in [-0.05, 0) is 34.2 Å². The molecule has 1 saturated heterocycles. The quantitative estimate of drug-likeness (QED) is 0.701. The van der Waals surface area contributed by atoms with Crippen molar-refractivity contribution in [2.24, 2.45) is 5.92 Å². The molecule has 148 valence electrons. The molecule has 2 heterocycles. The third kappa shape index (κ3) is 3.54. The molecule has 0 radical (unpaired) electrons. The fourth-order valence-corrected chi connectivity index (χ4v) is 3.71. The van der Waals surface area contributed by atoms with Crippen molar-refractivity contribution in [2.45, 2.75) is 5.92 Å². The molecule has 4 rings (SSSR count). The Morgan fingerprint density at radius 2 is 1.93 bits per heavy atom. The summed E-state index contributed by atoms with van der Waals surface area (Å²) in [7, 11) is 1.52. The maximum absolute atomic E-state index is 13.1. The lowest BCUT2D eigenvalue weighted by molar-refractivity contribution is -0.141. The van der Waals surface area contributed by atoms with Crippen LogP contribution in [0.1, 0.15) is 21.8 Å². The second-order valence-electron chi connectivity index (χ2n) is 6.81. The van der Waals surface area contributed by atoms with E-state index in [2.05, 4.69) is 15.5 Å². The first-order valence-corrected chi connectivity index (χ1v) is 9.07. The van der Waals surface area contributed by atoms with Gasteiger partial charge >= 0.3 is 5.97 Å². The van der Waals surface area contributed by atoms with Gasteiger partial charge in [0.05, 0.1) is 13.0 Å². The minimum absolute atomic E-state index is 0.153. The average molecular weight is 393 g/mol. The number of rotatable bonds is 5. The Hall–Kier alpha value is -3.75. The first kappa shape index (κ1) is 18.6. The van der Waals surface area contributed by atoms with Crippen molar-refractivity contribution in [2.75, 3.05) is 20.2 Å². The number of carboxylic acids is 1. The van der Waals surface area contributed by atoms with Crippen LogP contribution in [-0.4, -0.2) is 62.3 Å². The summed E-state index contributed by atoms with van der Waals surface area (Å²) in [4.78, 5) is 26.5. The Morgan fingerprint density at radius 3 is 2.59 bits per heavy atom. The third-order valence-corrected chi connectivity index (χ3v) is 5.17. The summed E-state index contributed by atoms with van der Waals surface area (Å²) in [5.74, 6) is -1.54. The Kier molecular flexibility index (Phi) is 4.94. The van der Waals surface area contributed by atoms with Crippen LogP contribution in [0.4, 0.5) is 0 Å². The topological polar surface area (TPSA) is 110 Å². The Bertz CT molecular complexity index is 1020. The van der Waals surface area contributed by atoms with Crippen molar-refractivity contribution < 1.29 is 19.4 Å². The highest BCUT2D eigenvalue weighted by atomic mass is 16.5. The number of aromatic nitrogens is 4. The number of aliphatic carboxylic acids is 1. The van der Waals surface area contributed by atoms with E-state index in [1.165, 1.54) is 18.1 Å². The largest absolute Gasteiger partial charge is 0.494 e. The maximum atomic E-state index is 13.1. The van der Waals surface area contributed by atoms with Gasteiger partial charge in [0.1, 0.15) is 17.8 Å². The predicted molar refractivity (Wildman–Crippen MR) is 102 cm³/mol. The number of benzene rings is 2. The summed E-state index contributed by atoms with van der Waals surface area (Å²) < 4.78 is 6.74. The lowest BCUT2D eigenvalue weighted by atomic mass is 9.89. The fourth-order valence-electron chi connectivity index (χ4n) is 3.71. The van der Waals surface area contributed by atoms with Gasteiger partial charge in [0, 0.05) is 24.6 Å². The number of methoxy groups -OCH3 is 1. The first-order chi connectivity index (χ1) is 14.1. The van der Waals surface area contributed by atoms with Gasteiger partial charge in [0.2, 0.25) is 0 Å². The third-order valence-electron chi connectivity index (χ3n) is 5.17. The number of tetrazole rings is 1. The lowest BCUT2D eigenvalue weighted by Crippen LogP contribution is -2.30. The normalized spacial score (nSPS) is 18.6. The number of hydrogen-bond donors (Lipinski definition) is 1. The monoisotopic (exact) mass is 393 g/mol. The molecule has 1 N–H and O–H groups in total. The molecule has 0 bridgehead atoms. The number of nitrogens with zero attached hydrogens (tertiary/aromatic N) is 5. The zero-order chi connectivity index (χ0) is 20.4. The zero-order valence-electron chi connectivity index (χ0n) is 15.7. The van der Waals surface area contributed by atoms with Gasteiger partial charge in [-0.15, -0.1) is 5.10 Å². The minimum Gasteiger partial charge on any atom is -0.494 e. The highest BCUT2D eigenvalue weighted by molar-refractivity contribution is 5.96. The van der Waals surface area contributed by atoms with Gasteiger partial charge in [-0.3, -0.25) is 9.59 Å². The van der Waals surface area contributed by atoms with Crippen LogP contribution in [0.25, 0.3) is 5.69 Å². The molecule has 0 spiro atoms. The summed E-state index contributed by atoms with van der Waals surface area (Å²) in [5, 5.41) is 20.8. The van der Waals surface area contributed by atoms with Crippen LogP contribution < -0.4 is 4.74 Å². The molecule has 9 heteroatoms. The van der Waals surface area contributed by atoms with Gasteiger partial charge in [-0.2, -0.15) is 4.68 Å². The highest BCUT2D eigenvalue weighted by Crippen LogP contribution is 2.34. The second-order valence-corrected chi connectivity index (χ2v) is 6.81. The van der Waals surface area contributed by atoms with Gasteiger partial charge in [0.25, 0.3) is 5.91 Å². The van der Waals surface area contributed by atoms with Crippen molar-refractivity contribution in [3.63, 3.8) is 0 Å². The van der Waals surface area contributed by atoms with Crippen LogP contribution in [0.15, 0.2) is 54.9 Å². The SMILES string of the molecule is COc1ccc(C(=O)N2CC(C(=O)O)C(c3ccccc3)C2)cc1-n1cnnn1. The minimum atomic E-state index is -0.904. The number of ether oxygens (including phenoxy) is 1. The van der Waals surface area contributed by atoms with E-state index in [-0.39, 0.29) is 18.4 Å². The molecule has 1 aliphatic rings. The summed E-state index contributed by atoms with van der Waals surface area (Å²) >= 11 is 0. The van der Waals surface area contributed by atoms with Crippen LogP contribution in [0.5, 0.6) is 5.75 Å². The van der Waals surface area contributed by atoms with Crippen LogP contribution in [0, 0.1) is 5.92 Å². The van der Waals surface area contributed by atoms with E-state index < -0.39 is 11.9 Å². The standard InChI is InChI=1S/C20H19N5O4/c1-29-18-8-7-14(9-17(18)25-12-21-22-23-25)19(26)24-10-15(16(11-24)20(27)28)13-5-3-2-4-6-13/h2-9,12,15-16H,10-11H2,1H3,(H,27,28). The van der Waals surface area contributed by atoms with Crippen molar-refractivity contribution in [1.29, 1.82) is 0 Å². The van der Waals surface area contributed by atoms with E-state index >= 15 is 0 Å². The predicted octanol–water partition coefficient (Wildman–Crippen LogP) is 1.61. The number of amides is 1. The molecule has 1 aromatic heterocycles. The van der Waals surface area contributed by atoms with E-state index in [1.54, 1.807) is 23.1 Å². The van der Waals surface area contributed by atoms with Crippen molar-refractivity contribution in [3.05, 3.63) is 66.0 Å². The molecule has 1 amide bonds. The van der Waals surface area contributed by atoms with Crippen molar-refractivity contribution >= 4 is 11.9 Å². The smallest absolute Gasteiger partial charge is 0.308 e. The molecular weight excluding hydrogens is 374 g/mol. The molecule has 0 saturated carbocycles. The van der Waals surface area contributed by atoms with Crippen molar-refractivity contribution in [1.82, 2.24) is 25.1 Å². The Morgan fingerprint density at radius 1 is 1.14 bits per heavy atom. The molecule has 2 aromatic carbocycles. The van der Waals surface area contributed by atoms with Crippen molar-refractivity contribution in [3.8, 4) is 11.4 Å². The molecular formula is C20H19N5O4. The fraction of sp³-hybridized carbons (Fsp3) is 0.250. The zero-order valence-corrected chi connectivity index (χ0v) is 15.7.